The lowest BCUT2D eigenvalue weighted by Gasteiger charge is -2.39. The number of aromatic nitrogens is 1. The van der Waals surface area contributed by atoms with E-state index < -0.39 is 12.0 Å². The maximum atomic E-state index is 13.5. The highest BCUT2D eigenvalue weighted by atomic mass is 32.1. The van der Waals surface area contributed by atoms with Crippen LogP contribution >= 0.6 is 11.3 Å². The Morgan fingerprint density at radius 3 is 2.60 bits per heavy atom. The Morgan fingerprint density at radius 1 is 1.20 bits per heavy atom. The molecule has 3 amide bonds. The zero-order chi connectivity index (χ0) is 25.1. The Labute approximate surface area is 207 Å². The van der Waals surface area contributed by atoms with Gasteiger partial charge in [-0.1, -0.05) is 24.3 Å². The van der Waals surface area contributed by atoms with Crippen molar-refractivity contribution < 1.29 is 23.9 Å². The lowest BCUT2D eigenvalue weighted by molar-refractivity contribution is -0.119. The number of anilines is 1. The number of fused-ring (bicyclic) bond motifs is 2. The van der Waals surface area contributed by atoms with Crippen molar-refractivity contribution in [2.75, 3.05) is 33.3 Å². The zero-order valence-electron chi connectivity index (χ0n) is 19.8. The summed E-state index contributed by atoms with van der Waals surface area (Å²) in [5.41, 5.74) is 2.04. The highest BCUT2D eigenvalue weighted by Gasteiger charge is 2.43. The molecule has 0 saturated heterocycles. The number of nitrogens with one attached hydrogen (secondary N) is 1. The Balaban J connectivity index is 0.000000527. The molecule has 0 spiro atoms. The molecular weight excluding hydrogens is 468 g/mol. The lowest BCUT2D eigenvalue weighted by atomic mass is 9.79. The average Bonchev–Trinajstić information content (AvgIpc) is 3.49. The predicted molar refractivity (Wildman–Crippen MR) is 132 cm³/mol. The number of hydrogen-bond donors (Lipinski definition) is 1. The minimum atomic E-state index is -0.603. The standard InChI is InChI=1S/C22H19N3O4S.C3H7NO/c1-12-10-23-22(30-12)24-20(26)18-14-5-3-4-6-15(14)21(27)25(2)19(18)13-7-8-16-17(9-13)29-11-28-16;1-4(2)3-5/h3-10,18-19H,11H2,1-2H3,(H,23,24,26);3H,1-2H3. The van der Waals surface area contributed by atoms with E-state index in [-0.39, 0.29) is 18.6 Å². The Hall–Kier alpha value is -3.92. The van der Waals surface area contributed by atoms with Crippen LogP contribution in [0.25, 0.3) is 0 Å². The van der Waals surface area contributed by atoms with Gasteiger partial charge >= 0.3 is 0 Å². The van der Waals surface area contributed by atoms with Gasteiger partial charge in [-0.25, -0.2) is 4.98 Å². The fraction of sp³-hybridized carbons (Fsp3) is 0.280. The van der Waals surface area contributed by atoms with Crippen LogP contribution < -0.4 is 14.8 Å². The number of thiazole rings is 1. The first-order valence-electron chi connectivity index (χ1n) is 10.9. The average molecular weight is 495 g/mol. The number of amides is 3. The van der Waals surface area contributed by atoms with E-state index >= 15 is 0 Å². The molecule has 10 heteroatoms. The van der Waals surface area contributed by atoms with Gasteiger partial charge in [-0.05, 0) is 36.2 Å². The van der Waals surface area contributed by atoms with E-state index in [0.717, 1.165) is 16.9 Å². The van der Waals surface area contributed by atoms with Crippen molar-refractivity contribution in [2.24, 2.45) is 0 Å². The van der Waals surface area contributed by atoms with Crippen LogP contribution in [-0.4, -0.2) is 60.9 Å². The maximum absolute atomic E-state index is 13.5. The minimum Gasteiger partial charge on any atom is -0.454 e. The van der Waals surface area contributed by atoms with Gasteiger partial charge in [0.1, 0.15) is 0 Å². The fourth-order valence-electron chi connectivity index (χ4n) is 4.07. The molecule has 35 heavy (non-hydrogen) atoms. The number of likely N-dealkylation sites (N-methyl/N-ethyl adjacent to an activating group) is 1. The first kappa shape index (κ1) is 24.2. The monoisotopic (exact) mass is 494 g/mol. The third-order valence-electron chi connectivity index (χ3n) is 5.66. The summed E-state index contributed by atoms with van der Waals surface area (Å²) >= 11 is 1.42. The number of nitrogens with zero attached hydrogens (tertiary/aromatic N) is 3. The molecule has 5 rings (SSSR count). The van der Waals surface area contributed by atoms with Gasteiger partial charge in [0.2, 0.25) is 19.1 Å². The largest absolute Gasteiger partial charge is 0.454 e. The topological polar surface area (TPSA) is 101 Å². The molecule has 2 aliphatic heterocycles. The molecule has 0 bridgehead atoms. The number of aryl methyl sites for hydroxylation is 1. The minimum absolute atomic E-state index is 0.123. The number of carbonyl (C=O) groups is 3. The molecule has 1 aromatic heterocycles. The van der Waals surface area contributed by atoms with Gasteiger partial charge in [0, 0.05) is 37.8 Å². The smallest absolute Gasteiger partial charge is 0.254 e. The summed E-state index contributed by atoms with van der Waals surface area (Å²) in [4.78, 5) is 44.3. The summed E-state index contributed by atoms with van der Waals surface area (Å²) in [5, 5.41) is 3.48. The van der Waals surface area contributed by atoms with Gasteiger partial charge in [0.05, 0.1) is 12.0 Å². The number of benzene rings is 2. The van der Waals surface area contributed by atoms with Gasteiger partial charge in [-0.3, -0.25) is 14.4 Å². The molecule has 9 nitrogen and oxygen atoms in total. The van der Waals surface area contributed by atoms with E-state index in [1.165, 1.54) is 16.2 Å². The molecule has 2 aromatic carbocycles. The van der Waals surface area contributed by atoms with Gasteiger partial charge < -0.3 is 24.6 Å². The van der Waals surface area contributed by atoms with Crippen LogP contribution in [0.3, 0.4) is 0 Å². The van der Waals surface area contributed by atoms with Crippen molar-refractivity contribution in [1.29, 1.82) is 0 Å². The second-order valence-corrected chi connectivity index (χ2v) is 9.61. The highest BCUT2D eigenvalue weighted by Crippen LogP contribution is 2.45. The quantitative estimate of drug-likeness (QED) is 0.558. The molecule has 1 N–H and O–H groups in total. The fourth-order valence-corrected chi connectivity index (χ4v) is 4.73. The molecular formula is C25H26N4O5S. The second-order valence-electron chi connectivity index (χ2n) is 8.37. The van der Waals surface area contributed by atoms with E-state index in [1.807, 2.05) is 43.3 Å². The molecule has 2 aliphatic rings. The van der Waals surface area contributed by atoms with Gasteiger partial charge in [0.25, 0.3) is 5.91 Å². The van der Waals surface area contributed by atoms with Crippen LogP contribution in [0.4, 0.5) is 5.13 Å². The summed E-state index contributed by atoms with van der Waals surface area (Å²) in [6.07, 6.45) is 2.47. The molecule has 2 unspecified atom stereocenters. The van der Waals surface area contributed by atoms with Crippen molar-refractivity contribution in [3.63, 3.8) is 0 Å². The molecule has 3 aromatic rings. The molecule has 0 saturated carbocycles. The van der Waals surface area contributed by atoms with Crippen molar-refractivity contribution in [2.45, 2.75) is 18.9 Å². The Morgan fingerprint density at radius 2 is 1.91 bits per heavy atom. The van der Waals surface area contributed by atoms with E-state index in [1.54, 1.807) is 38.3 Å². The molecule has 0 radical (unpaired) electrons. The van der Waals surface area contributed by atoms with Crippen molar-refractivity contribution in [1.82, 2.24) is 14.8 Å². The van der Waals surface area contributed by atoms with Crippen molar-refractivity contribution >= 4 is 34.7 Å². The van der Waals surface area contributed by atoms with E-state index in [4.69, 9.17) is 9.47 Å². The maximum Gasteiger partial charge on any atom is 0.254 e. The summed E-state index contributed by atoms with van der Waals surface area (Å²) < 4.78 is 10.9. The third kappa shape index (κ3) is 4.97. The van der Waals surface area contributed by atoms with Crippen molar-refractivity contribution in [3.8, 4) is 11.5 Å². The summed E-state index contributed by atoms with van der Waals surface area (Å²) in [5.74, 6) is 0.333. The van der Waals surface area contributed by atoms with Crippen LogP contribution in [-0.2, 0) is 9.59 Å². The van der Waals surface area contributed by atoms with Crippen molar-refractivity contribution in [3.05, 3.63) is 70.2 Å². The second kappa shape index (κ2) is 10.1. The summed E-state index contributed by atoms with van der Waals surface area (Å²) in [6.45, 7) is 2.10. The lowest BCUT2D eigenvalue weighted by Crippen LogP contribution is -2.44. The van der Waals surface area contributed by atoms with Crippen LogP contribution in [0.5, 0.6) is 11.5 Å². The third-order valence-corrected chi connectivity index (χ3v) is 6.49. The number of hydrogen-bond acceptors (Lipinski definition) is 7. The zero-order valence-corrected chi connectivity index (χ0v) is 20.7. The van der Waals surface area contributed by atoms with Gasteiger partial charge in [-0.2, -0.15) is 0 Å². The summed E-state index contributed by atoms with van der Waals surface area (Å²) in [7, 11) is 5.10. The number of carbonyl (C=O) groups excluding carboxylic acids is 3. The molecule has 0 aliphatic carbocycles. The highest BCUT2D eigenvalue weighted by molar-refractivity contribution is 7.15. The van der Waals surface area contributed by atoms with E-state index in [9.17, 15) is 14.4 Å². The molecule has 0 fully saturated rings. The first-order chi connectivity index (χ1) is 16.8. The van der Waals surface area contributed by atoms with Crippen LogP contribution in [0.15, 0.2) is 48.7 Å². The van der Waals surface area contributed by atoms with Gasteiger partial charge in [-0.15, -0.1) is 11.3 Å². The normalized spacial score (nSPS) is 17.7. The van der Waals surface area contributed by atoms with Gasteiger partial charge in [0.15, 0.2) is 16.6 Å². The SMILES string of the molecule is CN(C)C=O.Cc1cnc(NC(=O)C2c3ccccc3C(=O)N(C)C2c2ccc3c(c2)OCO3)s1. The van der Waals surface area contributed by atoms with Crippen LogP contribution in [0, 0.1) is 6.92 Å². The predicted octanol–water partition coefficient (Wildman–Crippen LogP) is 3.43. The molecule has 3 heterocycles. The van der Waals surface area contributed by atoms with Crippen LogP contribution in [0.1, 0.15) is 38.3 Å². The first-order valence-corrected chi connectivity index (χ1v) is 11.7. The summed E-state index contributed by atoms with van der Waals surface area (Å²) in [6, 6.07) is 12.3. The number of rotatable bonds is 4. The van der Waals surface area contributed by atoms with Crippen LogP contribution in [0.2, 0.25) is 0 Å². The Bertz CT molecular complexity index is 1260. The molecule has 2 atom stereocenters. The number of ether oxygens (including phenoxy) is 2. The van der Waals surface area contributed by atoms with E-state index in [2.05, 4.69) is 10.3 Å². The van der Waals surface area contributed by atoms with E-state index in [0.29, 0.717) is 27.8 Å². The molecule has 182 valence electrons. The Kier molecular flexibility index (Phi) is 7.02.